The molecule has 0 fully saturated rings. The Morgan fingerprint density at radius 3 is 2.68 bits per heavy atom. The third kappa shape index (κ3) is 5.28. The fourth-order valence-electron chi connectivity index (χ4n) is 2.21. The summed E-state index contributed by atoms with van der Waals surface area (Å²) >= 11 is 0. The highest BCUT2D eigenvalue weighted by Crippen LogP contribution is 2.11. The van der Waals surface area contributed by atoms with Crippen molar-refractivity contribution in [3.63, 3.8) is 0 Å². The predicted octanol–water partition coefficient (Wildman–Crippen LogP) is 2.01. The van der Waals surface area contributed by atoms with Crippen molar-refractivity contribution in [2.75, 3.05) is 6.61 Å². The van der Waals surface area contributed by atoms with Gasteiger partial charge in [0.15, 0.2) is 0 Å². The Morgan fingerprint density at radius 1 is 1.37 bits per heavy atom. The van der Waals surface area contributed by atoms with Crippen molar-refractivity contribution < 1.29 is 4.74 Å². The van der Waals surface area contributed by atoms with Crippen molar-refractivity contribution in [1.82, 2.24) is 14.8 Å². The van der Waals surface area contributed by atoms with Crippen LogP contribution in [0.3, 0.4) is 0 Å². The van der Waals surface area contributed by atoms with Crippen molar-refractivity contribution in [2.45, 2.75) is 65.6 Å². The molecule has 0 aliphatic rings. The first-order valence-electron chi connectivity index (χ1n) is 7.32. The molecule has 1 heterocycles. The molecular formula is C14H28N4O. The molecule has 1 rings (SSSR count). The second-order valence-electron chi connectivity index (χ2n) is 5.40. The first-order chi connectivity index (χ1) is 9.08. The number of aromatic nitrogens is 3. The van der Waals surface area contributed by atoms with Crippen LogP contribution in [0.5, 0.6) is 0 Å². The van der Waals surface area contributed by atoms with Crippen molar-refractivity contribution in [2.24, 2.45) is 11.7 Å². The average Bonchev–Trinajstić information content (AvgIpc) is 2.75. The minimum Gasteiger partial charge on any atom is -0.377 e. The van der Waals surface area contributed by atoms with E-state index >= 15 is 0 Å². The lowest BCUT2D eigenvalue weighted by Crippen LogP contribution is -2.39. The van der Waals surface area contributed by atoms with Gasteiger partial charge in [0.1, 0.15) is 12.2 Å². The van der Waals surface area contributed by atoms with E-state index in [1.807, 2.05) is 11.6 Å². The minimum absolute atomic E-state index is 0.0185. The fourth-order valence-corrected chi connectivity index (χ4v) is 2.21. The highest BCUT2D eigenvalue weighted by molar-refractivity contribution is 4.91. The molecule has 0 spiro atoms. The zero-order chi connectivity index (χ0) is 14.3. The second-order valence-corrected chi connectivity index (χ2v) is 5.40. The Hall–Kier alpha value is -0.940. The van der Waals surface area contributed by atoms with Gasteiger partial charge < -0.3 is 10.5 Å². The lowest BCUT2D eigenvalue weighted by atomic mass is 10.0. The van der Waals surface area contributed by atoms with Gasteiger partial charge >= 0.3 is 0 Å². The van der Waals surface area contributed by atoms with Gasteiger partial charge in [0.05, 0.1) is 6.10 Å². The summed E-state index contributed by atoms with van der Waals surface area (Å²) in [5.41, 5.74) is 6.27. The summed E-state index contributed by atoms with van der Waals surface area (Å²) in [7, 11) is 0. The topological polar surface area (TPSA) is 66.0 Å². The number of rotatable bonds is 9. The molecule has 0 aliphatic heterocycles. The van der Waals surface area contributed by atoms with E-state index in [0.29, 0.717) is 12.5 Å². The van der Waals surface area contributed by atoms with E-state index in [-0.39, 0.29) is 12.1 Å². The van der Waals surface area contributed by atoms with Crippen LogP contribution in [0.2, 0.25) is 0 Å². The molecule has 19 heavy (non-hydrogen) atoms. The quantitative estimate of drug-likeness (QED) is 0.744. The SMILES string of the molecule is CCCC(OCC)C(N)Cc1ncnn1CC(C)C. The lowest BCUT2D eigenvalue weighted by Gasteiger charge is -2.23. The molecule has 0 radical (unpaired) electrons. The molecule has 110 valence electrons. The molecule has 2 N–H and O–H groups in total. The van der Waals surface area contributed by atoms with Crippen LogP contribution in [0.1, 0.15) is 46.4 Å². The summed E-state index contributed by atoms with van der Waals surface area (Å²) in [5.74, 6) is 1.51. The van der Waals surface area contributed by atoms with Gasteiger partial charge in [-0.25, -0.2) is 9.67 Å². The highest BCUT2D eigenvalue weighted by Gasteiger charge is 2.20. The second kappa shape index (κ2) is 8.27. The van der Waals surface area contributed by atoms with Crippen LogP contribution in [0, 0.1) is 5.92 Å². The highest BCUT2D eigenvalue weighted by atomic mass is 16.5. The molecule has 0 aliphatic carbocycles. The maximum Gasteiger partial charge on any atom is 0.138 e. The molecule has 0 bridgehead atoms. The molecule has 2 atom stereocenters. The Bertz CT molecular complexity index is 345. The van der Waals surface area contributed by atoms with E-state index in [0.717, 1.165) is 31.6 Å². The molecule has 0 saturated carbocycles. The number of nitrogens with zero attached hydrogens (tertiary/aromatic N) is 3. The van der Waals surface area contributed by atoms with Crippen LogP contribution >= 0.6 is 0 Å². The molecule has 5 nitrogen and oxygen atoms in total. The van der Waals surface area contributed by atoms with Crippen LogP contribution in [0.4, 0.5) is 0 Å². The van der Waals surface area contributed by atoms with E-state index in [2.05, 4.69) is 30.9 Å². The minimum atomic E-state index is -0.0185. The zero-order valence-electron chi connectivity index (χ0n) is 12.7. The van der Waals surface area contributed by atoms with Crippen molar-refractivity contribution in [3.8, 4) is 0 Å². The molecule has 0 aromatic carbocycles. The summed E-state index contributed by atoms with van der Waals surface area (Å²) in [6.45, 7) is 10.1. The summed E-state index contributed by atoms with van der Waals surface area (Å²) < 4.78 is 7.69. The maximum atomic E-state index is 6.27. The fraction of sp³-hybridized carbons (Fsp3) is 0.857. The van der Waals surface area contributed by atoms with Crippen molar-refractivity contribution in [3.05, 3.63) is 12.2 Å². The van der Waals surface area contributed by atoms with Crippen LogP contribution in [0.15, 0.2) is 6.33 Å². The average molecular weight is 268 g/mol. The summed E-state index contributed by atoms with van der Waals surface area (Å²) in [6, 6.07) is -0.0185. The summed E-state index contributed by atoms with van der Waals surface area (Å²) in [5, 5.41) is 4.27. The third-order valence-corrected chi connectivity index (χ3v) is 3.08. The lowest BCUT2D eigenvalue weighted by molar-refractivity contribution is 0.0371. The Morgan fingerprint density at radius 2 is 2.11 bits per heavy atom. The first kappa shape index (κ1) is 16.1. The molecule has 1 aromatic heterocycles. The van der Waals surface area contributed by atoms with Gasteiger partial charge in [0.2, 0.25) is 0 Å². The summed E-state index contributed by atoms with van der Waals surface area (Å²) in [6.07, 6.45) is 4.51. The molecule has 0 saturated heterocycles. The van der Waals surface area contributed by atoms with Crippen molar-refractivity contribution >= 4 is 0 Å². The zero-order valence-corrected chi connectivity index (χ0v) is 12.7. The van der Waals surface area contributed by atoms with Gasteiger partial charge in [-0.05, 0) is 19.3 Å². The van der Waals surface area contributed by atoms with E-state index in [1.54, 1.807) is 6.33 Å². The number of hydrogen-bond donors (Lipinski definition) is 1. The predicted molar refractivity (Wildman–Crippen MR) is 76.9 cm³/mol. The largest absolute Gasteiger partial charge is 0.377 e. The van der Waals surface area contributed by atoms with E-state index in [1.165, 1.54) is 0 Å². The monoisotopic (exact) mass is 268 g/mol. The van der Waals surface area contributed by atoms with Gasteiger partial charge in [-0.15, -0.1) is 0 Å². The maximum absolute atomic E-state index is 6.27. The van der Waals surface area contributed by atoms with E-state index in [9.17, 15) is 0 Å². The number of ether oxygens (including phenoxy) is 1. The van der Waals surface area contributed by atoms with Crippen LogP contribution in [0.25, 0.3) is 0 Å². The van der Waals surface area contributed by atoms with Gasteiger partial charge in [0.25, 0.3) is 0 Å². The van der Waals surface area contributed by atoms with Gasteiger partial charge in [-0.1, -0.05) is 27.2 Å². The molecule has 1 aromatic rings. The van der Waals surface area contributed by atoms with E-state index < -0.39 is 0 Å². The molecule has 5 heteroatoms. The summed E-state index contributed by atoms with van der Waals surface area (Å²) in [4.78, 5) is 4.33. The normalized spacial score (nSPS) is 14.8. The number of nitrogens with two attached hydrogens (primary N) is 1. The first-order valence-corrected chi connectivity index (χ1v) is 7.32. The van der Waals surface area contributed by atoms with Gasteiger partial charge in [0, 0.05) is 25.6 Å². The third-order valence-electron chi connectivity index (χ3n) is 3.08. The number of hydrogen-bond acceptors (Lipinski definition) is 4. The molecule has 0 amide bonds. The van der Waals surface area contributed by atoms with Crippen LogP contribution < -0.4 is 5.73 Å². The van der Waals surface area contributed by atoms with E-state index in [4.69, 9.17) is 10.5 Å². The van der Waals surface area contributed by atoms with Crippen LogP contribution in [-0.4, -0.2) is 33.5 Å². The Balaban J connectivity index is 2.63. The Kier molecular flexibility index (Phi) is 7.02. The smallest absolute Gasteiger partial charge is 0.138 e. The van der Waals surface area contributed by atoms with Gasteiger partial charge in [-0.2, -0.15) is 5.10 Å². The Labute approximate surface area is 116 Å². The van der Waals surface area contributed by atoms with Crippen molar-refractivity contribution in [1.29, 1.82) is 0 Å². The molecule has 2 unspecified atom stereocenters. The standard InChI is InChI=1S/C14H28N4O/c1-5-7-13(19-6-2)12(15)8-14-16-10-17-18(14)9-11(3)4/h10-13H,5-9,15H2,1-4H3. The van der Waals surface area contributed by atoms with Gasteiger partial charge in [-0.3, -0.25) is 0 Å². The molecular weight excluding hydrogens is 240 g/mol. The van der Waals surface area contributed by atoms with Crippen LogP contribution in [-0.2, 0) is 17.7 Å².